The largest absolute Gasteiger partial charge is 0.311 e. The van der Waals surface area contributed by atoms with E-state index < -0.39 is 0 Å². The Balaban J connectivity index is 1.19. The number of aryl methyl sites for hydroxylation is 2. The number of rotatable bonds is 5. The van der Waals surface area contributed by atoms with Gasteiger partial charge in [-0.1, -0.05) is 152 Å². The lowest BCUT2D eigenvalue weighted by Crippen LogP contribution is -2.61. The molecule has 11 rings (SSSR count). The summed E-state index contributed by atoms with van der Waals surface area (Å²) in [4.78, 5) is 7.57. The fraction of sp³-hybridized carbons (Fsp3) is 0.213. The molecule has 0 radical (unpaired) electrons. The molecule has 0 saturated heterocycles. The van der Waals surface area contributed by atoms with Gasteiger partial charge in [0.15, 0.2) is 0 Å². The fourth-order valence-electron chi connectivity index (χ4n) is 11.0. The van der Waals surface area contributed by atoms with Crippen molar-refractivity contribution in [2.24, 2.45) is 0 Å². The summed E-state index contributed by atoms with van der Waals surface area (Å²) in [5.41, 5.74) is 25.1. The normalized spacial score (nSPS) is 14.3. The van der Waals surface area contributed by atoms with Crippen LogP contribution in [0, 0.1) is 13.8 Å². The molecule has 0 bridgehead atoms. The third-order valence-electron chi connectivity index (χ3n) is 14.5. The maximum absolute atomic E-state index is 2.58. The predicted molar refractivity (Wildman–Crippen MR) is 280 cm³/mol. The van der Waals surface area contributed by atoms with Gasteiger partial charge in [-0.25, -0.2) is 0 Å². The minimum absolute atomic E-state index is 0.00191. The third kappa shape index (κ3) is 6.47. The standard InChI is InChI=1S/C61H58BN3/c1-39-34-56-58-57(35-39)65(45-29-31-48-47-21-15-16-22-49(47)61(9,10)50(48)37-45)54-33-26-42(60(6,7)8)36-52(54)62(58)51-32-30-46(38-55(51)64(56)44-27-24-41(25-28-44)59(3,4)5)63(43-19-12-11-13-20-43)53-23-17-14-18-40(53)2/h11-38H,1-10H3. The van der Waals surface area contributed by atoms with Gasteiger partial charge in [0, 0.05) is 56.6 Å². The molecule has 8 aromatic carbocycles. The van der Waals surface area contributed by atoms with Crippen LogP contribution in [0.3, 0.4) is 0 Å². The number of nitrogens with zero attached hydrogens (tertiary/aromatic N) is 3. The van der Waals surface area contributed by atoms with Crippen molar-refractivity contribution in [1.82, 2.24) is 0 Å². The van der Waals surface area contributed by atoms with Crippen molar-refractivity contribution in [3.63, 3.8) is 0 Å². The van der Waals surface area contributed by atoms with Gasteiger partial charge in [0.25, 0.3) is 6.71 Å². The van der Waals surface area contributed by atoms with Crippen molar-refractivity contribution >= 4 is 74.3 Å². The van der Waals surface area contributed by atoms with Crippen LogP contribution in [-0.2, 0) is 16.2 Å². The molecular formula is C61H58BN3. The van der Waals surface area contributed by atoms with Crippen LogP contribution in [0.5, 0.6) is 0 Å². The van der Waals surface area contributed by atoms with Crippen LogP contribution in [0.15, 0.2) is 170 Å². The lowest BCUT2D eigenvalue weighted by atomic mass is 9.33. The highest BCUT2D eigenvalue weighted by Crippen LogP contribution is 2.52. The molecule has 65 heavy (non-hydrogen) atoms. The topological polar surface area (TPSA) is 9.72 Å². The average Bonchev–Trinajstić information content (AvgIpc) is 3.51. The fourth-order valence-corrected chi connectivity index (χ4v) is 11.0. The van der Waals surface area contributed by atoms with Crippen LogP contribution in [0.25, 0.3) is 11.1 Å². The second-order valence-corrected chi connectivity index (χ2v) is 21.2. The zero-order chi connectivity index (χ0) is 45.2. The van der Waals surface area contributed by atoms with E-state index in [1.807, 2.05) is 0 Å². The molecule has 8 aromatic rings. The summed E-state index contributed by atoms with van der Waals surface area (Å²) in [6.45, 7) is 23.2. The lowest BCUT2D eigenvalue weighted by Gasteiger charge is -2.45. The highest BCUT2D eigenvalue weighted by molar-refractivity contribution is 7.00. The molecule has 2 aliphatic heterocycles. The van der Waals surface area contributed by atoms with Crippen molar-refractivity contribution in [2.45, 2.75) is 85.5 Å². The Bertz CT molecular complexity index is 3180. The van der Waals surface area contributed by atoms with Gasteiger partial charge < -0.3 is 14.7 Å². The van der Waals surface area contributed by atoms with E-state index in [1.165, 1.54) is 95.0 Å². The first-order chi connectivity index (χ1) is 31.1. The molecule has 0 unspecified atom stereocenters. The number of anilines is 9. The van der Waals surface area contributed by atoms with Crippen molar-refractivity contribution in [3.05, 3.63) is 203 Å². The van der Waals surface area contributed by atoms with E-state index in [4.69, 9.17) is 0 Å². The quantitative estimate of drug-likeness (QED) is 0.160. The summed E-state index contributed by atoms with van der Waals surface area (Å²) in [6, 6.07) is 64.5. The summed E-state index contributed by atoms with van der Waals surface area (Å²) in [6.07, 6.45) is 0. The molecule has 0 atom stereocenters. The minimum Gasteiger partial charge on any atom is -0.311 e. The van der Waals surface area contributed by atoms with Gasteiger partial charge in [-0.05, 0) is 158 Å². The Morgan fingerprint density at radius 3 is 1.78 bits per heavy atom. The third-order valence-corrected chi connectivity index (χ3v) is 14.5. The molecule has 3 aliphatic rings. The SMILES string of the molecule is Cc1cc2c3c(c1)N(c1ccc(C(C)(C)C)cc1)c1cc(N(c4ccccc4)c4ccccc4C)ccc1B3c1cc(C(C)(C)C)ccc1N2c1ccc2c(c1)C(C)(C)c1ccccc1-2. The van der Waals surface area contributed by atoms with Crippen LogP contribution < -0.4 is 31.1 Å². The van der Waals surface area contributed by atoms with E-state index in [-0.39, 0.29) is 23.0 Å². The first-order valence-electron chi connectivity index (χ1n) is 23.4. The Labute approximate surface area is 387 Å². The Kier molecular flexibility index (Phi) is 9.22. The second-order valence-electron chi connectivity index (χ2n) is 21.2. The monoisotopic (exact) mass is 843 g/mol. The number of fused-ring (bicyclic) bond motifs is 7. The zero-order valence-electron chi connectivity index (χ0n) is 39.6. The first-order valence-corrected chi connectivity index (χ1v) is 23.4. The van der Waals surface area contributed by atoms with Gasteiger partial charge in [0.1, 0.15) is 0 Å². The van der Waals surface area contributed by atoms with E-state index in [2.05, 4.69) is 254 Å². The average molecular weight is 844 g/mol. The summed E-state index contributed by atoms with van der Waals surface area (Å²) < 4.78 is 0. The Hall–Kier alpha value is -6.78. The molecule has 0 saturated carbocycles. The van der Waals surface area contributed by atoms with Crippen LogP contribution in [0.4, 0.5) is 51.2 Å². The molecule has 0 spiro atoms. The molecule has 320 valence electrons. The minimum atomic E-state index is -0.121. The van der Waals surface area contributed by atoms with Crippen LogP contribution >= 0.6 is 0 Å². The van der Waals surface area contributed by atoms with E-state index in [9.17, 15) is 0 Å². The van der Waals surface area contributed by atoms with Crippen LogP contribution in [-0.4, -0.2) is 6.71 Å². The van der Waals surface area contributed by atoms with Crippen LogP contribution in [0.1, 0.15) is 88.8 Å². The summed E-state index contributed by atoms with van der Waals surface area (Å²) in [7, 11) is 0. The van der Waals surface area contributed by atoms with Gasteiger partial charge in [-0.3, -0.25) is 0 Å². The number of hydrogen-bond donors (Lipinski definition) is 0. The molecule has 3 nitrogen and oxygen atoms in total. The van der Waals surface area contributed by atoms with Crippen molar-refractivity contribution in [3.8, 4) is 11.1 Å². The van der Waals surface area contributed by atoms with E-state index in [0.29, 0.717) is 0 Å². The van der Waals surface area contributed by atoms with E-state index >= 15 is 0 Å². The maximum Gasteiger partial charge on any atom is 0.252 e. The second kappa shape index (κ2) is 14.6. The highest BCUT2D eigenvalue weighted by atomic mass is 15.2. The molecule has 4 heteroatoms. The van der Waals surface area contributed by atoms with Gasteiger partial charge in [0.2, 0.25) is 0 Å². The molecule has 0 N–H and O–H groups in total. The van der Waals surface area contributed by atoms with Gasteiger partial charge >= 0.3 is 0 Å². The Morgan fingerprint density at radius 1 is 0.462 bits per heavy atom. The molecule has 1 aliphatic carbocycles. The molecule has 0 amide bonds. The van der Waals surface area contributed by atoms with Crippen molar-refractivity contribution < 1.29 is 0 Å². The number of hydrogen-bond acceptors (Lipinski definition) is 3. The molecule has 0 aromatic heterocycles. The molecule has 0 fully saturated rings. The van der Waals surface area contributed by atoms with Crippen LogP contribution in [0.2, 0.25) is 0 Å². The van der Waals surface area contributed by atoms with E-state index in [0.717, 1.165) is 17.1 Å². The number of para-hydroxylation sites is 2. The smallest absolute Gasteiger partial charge is 0.252 e. The Morgan fingerprint density at radius 2 is 1.08 bits per heavy atom. The summed E-state index contributed by atoms with van der Waals surface area (Å²) >= 11 is 0. The number of benzene rings is 8. The molecule has 2 heterocycles. The zero-order valence-corrected chi connectivity index (χ0v) is 39.6. The first kappa shape index (κ1) is 41.0. The summed E-state index contributed by atoms with van der Waals surface area (Å²) in [5.74, 6) is 0. The lowest BCUT2D eigenvalue weighted by molar-refractivity contribution is 0.590. The molecular weight excluding hydrogens is 786 g/mol. The van der Waals surface area contributed by atoms with Crippen molar-refractivity contribution in [1.29, 1.82) is 0 Å². The van der Waals surface area contributed by atoms with E-state index in [1.54, 1.807) is 0 Å². The van der Waals surface area contributed by atoms with Gasteiger partial charge in [0.05, 0.1) is 0 Å². The predicted octanol–water partition coefficient (Wildman–Crippen LogP) is 14.8. The van der Waals surface area contributed by atoms with Crippen molar-refractivity contribution in [2.75, 3.05) is 14.7 Å². The highest BCUT2D eigenvalue weighted by Gasteiger charge is 2.45. The van der Waals surface area contributed by atoms with Gasteiger partial charge in [-0.2, -0.15) is 0 Å². The summed E-state index contributed by atoms with van der Waals surface area (Å²) in [5, 5.41) is 0. The van der Waals surface area contributed by atoms with Gasteiger partial charge in [-0.15, -0.1) is 0 Å². The maximum atomic E-state index is 2.58.